The molecule has 0 aliphatic heterocycles. The molecule has 0 spiro atoms. The number of hydrogen-bond acceptors (Lipinski definition) is 3. The van der Waals surface area contributed by atoms with E-state index in [1.165, 1.54) is 5.56 Å². The molecule has 0 saturated carbocycles. The number of ether oxygens (including phenoxy) is 1. The van der Waals surface area contributed by atoms with Crippen LogP contribution in [-0.4, -0.2) is 29.5 Å². The maximum Gasteiger partial charge on any atom is 0.122 e. The fourth-order valence-electron chi connectivity index (χ4n) is 1.52. The zero-order valence-electron chi connectivity index (χ0n) is 9.94. The van der Waals surface area contributed by atoms with E-state index in [1.54, 1.807) is 6.92 Å². The third kappa shape index (κ3) is 4.21. The predicted octanol–water partition coefficient (Wildman–Crippen LogP) is 1.68. The number of benzene rings is 1. The number of aliphatic hydroxyl groups is 2. The van der Waals surface area contributed by atoms with Crippen LogP contribution in [0.1, 0.15) is 24.5 Å². The second-order valence-electron chi connectivity index (χ2n) is 4.09. The van der Waals surface area contributed by atoms with Crippen LogP contribution in [0.15, 0.2) is 18.2 Å². The third-order valence-electron chi connectivity index (χ3n) is 2.34. The Morgan fingerprint density at radius 3 is 2.69 bits per heavy atom. The van der Waals surface area contributed by atoms with Crippen LogP contribution in [0.5, 0.6) is 5.75 Å². The summed E-state index contributed by atoms with van der Waals surface area (Å²) >= 11 is 0. The van der Waals surface area contributed by atoms with Crippen molar-refractivity contribution in [1.29, 1.82) is 0 Å². The highest BCUT2D eigenvalue weighted by Gasteiger charge is 2.03. The number of hydrogen-bond donors (Lipinski definition) is 2. The van der Waals surface area contributed by atoms with Gasteiger partial charge in [0.15, 0.2) is 0 Å². The fraction of sp³-hybridized carbons (Fsp3) is 0.538. The van der Waals surface area contributed by atoms with Crippen LogP contribution in [-0.2, 0) is 6.42 Å². The van der Waals surface area contributed by atoms with Gasteiger partial charge < -0.3 is 14.9 Å². The van der Waals surface area contributed by atoms with E-state index in [0.717, 1.165) is 24.2 Å². The summed E-state index contributed by atoms with van der Waals surface area (Å²) < 4.78 is 5.46. The maximum atomic E-state index is 9.12. The molecule has 0 unspecified atom stereocenters. The highest BCUT2D eigenvalue weighted by Crippen LogP contribution is 2.20. The topological polar surface area (TPSA) is 49.7 Å². The van der Waals surface area contributed by atoms with Crippen molar-refractivity contribution < 1.29 is 14.9 Å². The van der Waals surface area contributed by atoms with Crippen LogP contribution >= 0.6 is 0 Å². The molecule has 1 rings (SSSR count). The Kier molecular flexibility index (Phi) is 5.29. The minimum Gasteiger partial charge on any atom is -0.491 e. The molecular weight excluding hydrogens is 204 g/mol. The van der Waals surface area contributed by atoms with Crippen LogP contribution < -0.4 is 4.74 Å². The van der Waals surface area contributed by atoms with E-state index < -0.39 is 6.10 Å². The summed E-state index contributed by atoms with van der Waals surface area (Å²) in [5.74, 6) is 0.814. The molecule has 1 aromatic rings. The van der Waals surface area contributed by atoms with Crippen molar-refractivity contribution in [3.05, 3.63) is 29.3 Å². The molecule has 0 saturated heterocycles. The molecule has 0 fully saturated rings. The van der Waals surface area contributed by atoms with Gasteiger partial charge in [-0.1, -0.05) is 12.1 Å². The molecule has 0 amide bonds. The molecule has 0 radical (unpaired) electrons. The van der Waals surface area contributed by atoms with Crippen molar-refractivity contribution in [3.8, 4) is 5.75 Å². The summed E-state index contributed by atoms with van der Waals surface area (Å²) in [6.07, 6.45) is 1.22. The Balaban J connectivity index is 2.60. The second-order valence-corrected chi connectivity index (χ2v) is 4.09. The number of rotatable bonds is 6. The summed E-state index contributed by atoms with van der Waals surface area (Å²) in [6.45, 7) is 4.22. The lowest BCUT2D eigenvalue weighted by Gasteiger charge is -2.11. The molecule has 0 bridgehead atoms. The van der Waals surface area contributed by atoms with E-state index in [9.17, 15) is 0 Å². The quantitative estimate of drug-likeness (QED) is 0.773. The first kappa shape index (κ1) is 13.0. The number of aliphatic hydroxyl groups excluding tert-OH is 2. The van der Waals surface area contributed by atoms with Gasteiger partial charge in [-0.25, -0.2) is 0 Å². The SMILES string of the molecule is Cc1cc(CCCO)ccc1OC[C@H](C)O. The van der Waals surface area contributed by atoms with E-state index in [2.05, 4.69) is 6.07 Å². The van der Waals surface area contributed by atoms with Crippen molar-refractivity contribution in [2.24, 2.45) is 0 Å². The zero-order chi connectivity index (χ0) is 12.0. The molecule has 0 aliphatic carbocycles. The molecule has 90 valence electrons. The van der Waals surface area contributed by atoms with Gasteiger partial charge in [0.25, 0.3) is 0 Å². The zero-order valence-corrected chi connectivity index (χ0v) is 9.94. The Morgan fingerprint density at radius 2 is 2.12 bits per heavy atom. The van der Waals surface area contributed by atoms with E-state index in [0.29, 0.717) is 6.61 Å². The molecule has 0 aliphatic rings. The molecule has 1 atom stereocenters. The molecule has 16 heavy (non-hydrogen) atoms. The van der Waals surface area contributed by atoms with Gasteiger partial charge in [0.05, 0.1) is 6.10 Å². The van der Waals surface area contributed by atoms with Crippen LogP contribution in [0.4, 0.5) is 0 Å². The summed E-state index contributed by atoms with van der Waals surface area (Å²) in [7, 11) is 0. The van der Waals surface area contributed by atoms with Crippen LogP contribution in [0, 0.1) is 6.92 Å². The second kappa shape index (κ2) is 6.51. The molecule has 2 N–H and O–H groups in total. The molecule has 0 heterocycles. The van der Waals surface area contributed by atoms with Crippen LogP contribution in [0.2, 0.25) is 0 Å². The van der Waals surface area contributed by atoms with Crippen molar-refractivity contribution in [2.75, 3.05) is 13.2 Å². The van der Waals surface area contributed by atoms with Crippen molar-refractivity contribution in [3.63, 3.8) is 0 Å². The molecule has 1 aromatic carbocycles. The first-order valence-corrected chi connectivity index (χ1v) is 5.64. The Bertz CT molecular complexity index is 321. The average Bonchev–Trinajstić information content (AvgIpc) is 2.24. The van der Waals surface area contributed by atoms with Crippen LogP contribution in [0.25, 0.3) is 0 Å². The molecule has 3 heteroatoms. The molecule has 0 aromatic heterocycles. The van der Waals surface area contributed by atoms with Crippen LogP contribution in [0.3, 0.4) is 0 Å². The smallest absolute Gasteiger partial charge is 0.122 e. The lowest BCUT2D eigenvalue weighted by Crippen LogP contribution is -2.13. The van der Waals surface area contributed by atoms with Gasteiger partial charge in [-0.15, -0.1) is 0 Å². The number of aryl methyl sites for hydroxylation is 2. The normalized spacial score (nSPS) is 12.5. The van der Waals surface area contributed by atoms with E-state index in [4.69, 9.17) is 14.9 Å². The summed E-state index contributed by atoms with van der Waals surface area (Å²) in [5.41, 5.74) is 2.27. The van der Waals surface area contributed by atoms with Crippen molar-refractivity contribution in [2.45, 2.75) is 32.8 Å². The fourth-order valence-corrected chi connectivity index (χ4v) is 1.52. The Hall–Kier alpha value is -1.06. The van der Waals surface area contributed by atoms with Gasteiger partial charge >= 0.3 is 0 Å². The first-order valence-electron chi connectivity index (χ1n) is 5.64. The first-order chi connectivity index (χ1) is 7.63. The van der Waals surface area contributed by atoms with Gasteiger partial charge in [0.1, 0.15) is 12.4 Å². The Morgan fingerprint density at radius 1 is 1.38 bits per heavy atom. The van der Waals surface area contributed by atoms with Gasteiger partial charge in [-0.3, -0.25) is 0 Å². The van der Waals surface area contributed by atoms with E-state index in [-0.39, 0.29) is 6.61 Å². The predicted molar refractivity (Wildman–Crippen MR) is 63.8 cm³/mol. The lowest BCUT2D eigenvalue weighted by atomic mass is 10.1. The van der Waals surface area contributed by atoms with E-state index in [1.807, 2.05) is 19.1 Å². The molecule has 3 nitrogen and oxygen atoms in total. The summed E-state index contributed by atoms with van der Waals surface area (Å²) in [5, 5.41) is 17.9. The minimum absolute atomic E-state index is 0.222. The largest absolute Gasteiger partial charge is 0.491 e. The van der Waals surface area contributed by atoms with Crippen molar-refractivity contribution >= 4 is 0 Å². The van der Waals surface area contributed by atoms with Gasteiger partial charge in [0, 0.05) is 6.61 Å². The van der Waals surface area contributed by atoms with Crippen molar-refractivity contribution in [1.82, 2.24) is 0 Å². The Labute approximate surface area is 96.7 Å². The van der Waals surface area contributed by atoms with Gasteiger partial charge in [-0.05, 0) is 43.9 Å². The summed E-state index contributed by atoms with van der Waals surface area (Å²) in [6, 6.07) is 5.98. The maximum absolute atomic E-state index is 9.12. The average molecular weight is 224 g/mol. The monoisotopic (exact) mass is 224 g/mol. The van der Waals surface area contributed by atoms with E-state index >= 15 is 0 Å². The lowest BCUT2D eigenvalue weighted by molar-refractivity contribution is 0.122. The standard InChI is InChI=1S/C13H20O3/c1-10-8-12(4-3-7-14)5-6-13(10)16-9-11(2)15/h5-6,8,11,14-15H,3-4,7,9H2,1-2H3/t11-/m0/s1. The third-order valence-corrected chi connectivity index (χ3v) is 2.34. The van der Waals surface area contributed by atoms with Gasteiger partial charge in [-0.2, -0.15) is 0 Å². The highest BCUT2D eigenvalue weighted by molar-refractivity contribution is 5.36. The summed E-state index contributed by atoms with van der Waals surface area (Å²) in [4.78, 5) is 0. The van der Waals surface area contributed by atoms with Gasteiger partial charge in [0.2, 0.25) is 0 Å². The molecular formula is C13H20O3. The minimum atomic E-state index is -0.450. The highest BCUT2D eigenvalue weighted by atomic mass is 16.5.